The second-order valence-corrected chi connectivity index (χ2v) is 7.66. The normalized spacial score (nSPS) is 21.0. The Morgan fingerprint density at radius 1 is 1.00 bits per heavy atom. The highest BCUT2D eigenvalue weighted by Crippen LogP contribution is 2.49. The smallest absolute Gasteiger partial charge is 0.139 e. The van der Waals surface area contributed by atoms with Gasteiger partial charge in [0.1, 0.15) is 17.3 Å². The molecule has 0 amide bonds. The largest absolute Gasteiger partial charge is 0.497 e. The molecule has 2 aromatic carbocycles. The second-order valence-electron chi connectivity index (χ2n) is 7.66. The number of hydrogen-bond donors (Lipinski definition) is 0. The Hall–Kier alpha value is -2.68. The van der Waals surface area contributed by atoms with Crippen molar-refractivity contribution in [3.8, 4) is 17.1 Å². The lowest BCUT2D eigenvalue weighted by atomic mass is 9.79. The van der Waals surface area contributed by atoms with Crippen molar-refractivity contribution in [2.75, 3.05) is 12.0 Å². The SMILES string of the molecule is COc1ccc(N2[C@H]3CCC[C@@H]2c2c(-c4ccccc4)oc(C)c2C3)cc1. The number of aryl methyl sites for hydroxylation is 1. The van der Waals surface area contributed by atoms with E-state index in [0.29, 0.717) is 12.1 Å². The van der Waals surface area contributed by atoms with Gasteiger partial charge in [-0.1, -0.05) is 30.3 Å². The van der Waals surface area contributed by atoms with E-state index in [1.165, 1.54) is 41.6 Å². The molecule has 0 N–H and O–H groups in total. The van der Waals surface area contributed by atoms with Gasteiger partial charge >= 0.3 is 0 Å². The number of rotatable bonds is 3. The molecule has 27 heavy (non-hydrogen) atoms. The van der Waals surface area contributed by atoms with Crippen LogP contribution in [-0.4, -0.2) is 13.2 Å². The van der Waals surface area contributed by atoms with E-state index in [0.717, 1.165) is 23.7 Å². The van der Waals surface area contributed by atoms with E-state index in [1.54, 1.807) is 7.11 Å². The van der Waals surface area contributed by atoms with Gasteiger partial charge in [-0.25, -0.2) is 0 Å². The van der Waals surface area contributed by atoms with Gasteiger partial charge in [0.05, 0.1) is 13.2 Å². The van der Waals surface area contributed by atoms with Crippen molar-refractivity contribution in [1.82, 2.24) is 0 Å². The van der Waals surface area contributed by atoms with Crippen molar-refractivity contribution in [2.24, 2.45) is 0 Å². The molecule has 2 aliphatic rings. The summed E-state index contributed by atoms with van der Waals surface area (Å²) < 4.78 is 11.7. The Morgan fingerprint density at radius 3 is 2.52 bits per heavy atom. The van der Waals surface area contributed by atoms with Gasteiger partial charge in [0, 0.05) is 28.4 Å². The average Bonchev–Trinajstić information content (AvgIpc) is 3.04. The first-order valence-electron chi connectivity index (χ1n) is 9.86. The Kier molecular flexibility index (Phi) is 3.96. The van der Waals surface area contributed by atoms with Crippen LogP contribution in [-0.2, 0) is 6.42 Å². The van der Waals surface area contributed by atoms with E-state index >= 15 is 0 Å². The van der Waals surface area contributed by atoms with E-state index in [-0.39, 0.29) is 0 Å². The lowest BCUT2D eigenvalue weighted by Gasteiger charge is -2.47. The van der Waals surface area contributed by atoms with Gasteiger partial charge in [0.15, 0.2) is 0 Å². The maximum atomic E-state index is 6.34. The molecule has 1 aromatic heterocycles. The first kappa shape index (κ1) is 16.5. The molecule has 3 aromatic rings. The number of hydrogen-bond acceptors (Lipinski definition) is 3. The third-order valence-corrected chi connectivity index (χ3v) is 6.17. The van der Waals surface area contributed by atoms with E-state index in [2.05, 4.69) is 66.4 Å². The first-order chi connectivity index (χ1) is 13.3. The number of anilines is 1. The highest BCUT2D eigenvalue weighted by atomic mass is 16.5. The van der Waals surface area contributed by atoms with Crippen molar-refractivity contribution >= 4 is 5.69 Å². The van der Waals surface area contributed by atoms with Crippen LogP contribution in [0.4, 0.5) is 5.69 Å². The Morgan fingerprint density at radius 2 is 1.78 bits per heavy atom. The second kappa shape index (κ2) is 6.49. The third-order valence-electron chi connectivity index (χ3n) is 6.17. The van der Waals surface area contributed by atoms with Gasteiger partial charge in [-0.3, -0.25) is 0 Å². The van der Waals surface area contributed by atoms with Gasteiger partial charge in [0.2, 0.25) is 0 Å². The number of nitrogens with zero attached hydrogens (tertiary/aromatic N) is 1. The van der Waals surface area contributed by atoms with Gasteiger partial charge < -0.3 is 14.1 Å². The maximum absolute atomic E-state index is 6.34. The predicted octanol–water partition coefficient (Wildman–Crippen LogP) is 5.92. The van der Waals surface area contributed by atoms with Crippen LogP contribution < -0.4 is 9.64 Å². The molecule has 2 bridgehead atoms. The third kappa shape index (κ3) is 2.64. The van der Waals surface area contributed by atoms with Crippen LogP contribution in [0.2, 0.25) is 0 Å². The predicted molar refractivity (Wildman–Crippen MR) is 108 cm³/mol. The molecule has 3 heteroatoms. The standard InChI is InChI=1S/C24H25NO2/c1-16-21-15-19-9-6-10-22(25(19)18-11-13-20(26-2)14-12-18)23(21)24(27-16)17-7-4-3-5-8-17/h3-5,7-8,11-14,19,22H,6,9-10,15H2,1-2H3/t19-,22+/m0/s1. The minimum atomic E-state index is 0.383. The summed E-state index contributed by atoms with van der Waals surface area (Å²) in [5, 5.41) is 0. The zero-order valence-corrected chi connectivity index (χ0v) is 15.9. The van der Waals surface area contributed by atoms with E-state index in [1.807, 2.05) is 0 Å². The molecule has 138 valence electrons. The molecule has 3 heterocycles. The van der Waals surface area contributed by atoms with Crippen LogP contribution in [0.15, 0.2) is 59.0 Å². The zero-order valence-electron chi connectivity index (χ0n) is 15.9. The summed E-state index contributed by atoms with van der Waals surface area (Å²) in [4.78, 5) is 2.63. The highest BCUT2D eigenvalue weighted by Gasteiger charge is 2.41. The minimum Gasteiger partial charge on any atom is -0.497 e. The Labute approximate surface area is 160 Å². The Balaban J connectivity index is 1.63. The monoisotopic (exact) mass is 359 g/mol. The van der Waals surface area contributed by atoms with Crippen LogP contribution >= 0.6 is 0 Å². The number of ether oxygens (including phenoxy) is 1. The summed E-state index contributed by atoms with van der Waals surface area (Å²) in [6.07, 6.45) is 4.77. The van der Waals surface area contributed by atoms with Crippen LogP contribution in [0.3, 0.4) is 0 Å². The lowest BCUT2D eigenvalue weighted by molar-refractivity contribution is 0.363. The maximum Gasteiger partial charge on any atom is 0.139 e. The number of methoxy groups -OCH3 is 1. The molecule has 0 radical (unpaired) electrons. The molecule has 0 unspecified atom stereocenters. The van der Waals surface area contributed by atoms with E-state index in [9.17, 15) is 0 Å². The molecule has 2 aliphatic heterocycles. The van der Waals surface area contributed by atoms with Gasteiger partial charge in [-0.2, -0.15) is 0 Å². The summed E-state index contributed by atoms with van der Waals surface area (Å²) in [6, 6.07) is 20.0. The molecule has 1 fully saturated rings. The molecular formula is C24H25NO2. The van der Waals surface area contributed by atoms with Gasteiger partial charge in [-0.15, -0.1) is 0 Å². The van der Waals surface area contributed by atoms with Gasteiger partial charge in [-0.05, 0) is 56.9 Å². The number of furan rings is 1. The van der Waals surface area contributed by atoms with E-state index < -0.39 is 0 Å². The first-order valence-corrected chi connectivity index (χ1v) is 9.86. The summed E-state index contributed by atoms with van der Waals surface area (Å²) in [5.74, 6) is 3.06. The summed E-state index contributed by atoms with van der Waals surface area (Å²) in [5.41, 5.74) is 5.31. The Bertz CT molecular complexity index is 943. The quantitative estimate of drug-likeness (QED) is 0.580. The molecule has 3 nitrogen and oxygen atoms in total. The molecule has 2 atom stereocenters. The molecule has 0 aliphatic carbocycles. The fourth-order valence-electron chi connectivity index (χ4n) is 4.95. The summed E-state index contributed by atoms with van der Waals surface area (Å²) in [6.45, 7) is 2.13. The average molecular weight is 359 g/mol. The summed E-state index contributed by atoms with van der Waals surface area (Å²) >= 11 is 0. The molecule has 0 spiro atoms. The zero-order chi connectivity index (χ0) is 18.4. The number of benzene rings is 2. The fourth-order valence-corrected chi connectivity index (χ4v) is 4.95. The lowest BCUT2D eigenvalue weighted by Crippen LogP contribution is -2.46. The van der Waals surface area contributed by atoms with Crippen molar-refractivity contribution in [2.45, 2.75) is 44.7 Å². The van der Waals surface area contributed by atoms with Crippen LogP contribution in [0.25, 0.3) is 11.3 Å². The fraction of sp³-hybridized carbons (Fsp3) is 0.333. The number of piperidine rings is 1. The van der Waals surface area contributed by atoms with Crippen molar-refractivity contribution in [3.63, 3.8) is 0 Å². The van der Waals surface area contributed by atoms with Crippen LogP contribution in [0, 0.1) is 6.92 Å². The van der Waals surface area contributed by atoms with E-state index in [4.69, 9.17) is 9.15 Å². The molecule has 5 rings (SSSR count). The summed E-state index contributed by atoms with van der Waals surface area (Å²) in [7, 11) is 1.72. The highest BCUT2D eigenvalue weighted by molar-refractivity contribution is 5.68. The topological polar surface area (TPSA) is 25.6 Å². The van der Waals surface area contributed by atoms with Crippen molar-refractivity contribution < 1.29 is 9.15 Å². The molecular weight excluding hydrogens is 334 g/mol. The molecule has 1 saturated heterocycles. The number of fused-ring (bicyclic) bond motifs is 4. The van der Waals surface area contributed by atoms with Crippen LogP contribution in [0.1, 0.15) is 42.2 Å². The molecule has 0 saturated carbocycles. The van der Waals surface area contributed by atoms with Crippen molar-refractivity contribution in [1.29, 1.82) is 0 Å². The van der Waals surface area contributed by atoms with Gasteiger partial charge in [0.25, 0.3) is 0 Å². The van der Waals surface area contributed by atoms with Crippen LogP contribution in [0.5, 0.6) is 5.75 Å². The minimum absolute atomic E-state index is 0.383. The van der Waals surface area contributed by atoms with Crippen molar-refractivity contribution in [3.05, 3.63) is 71.5 Å².